The third-order valence-corrected chi connectivity index (χ3v) is 6.97. The number of ether oxygens (including phenoxy) is 1. The molecule has 0 atom stereocenters. The number of aromatic carboxylic acids is 1. The Hall–Kier alpha value is -3.23. The summed E-state index contributed by atoms with van der Waals surface area (Å²) in [6.45, 7) is 1.93. The number of nitrogens with one attached hydrogen (secondary N) is 1. The standard InChI is InChI=1S/C27H27BrClN3O4/c1-36-25-15-18(22(29)17-21(25)27(34)35)16-26(33)30-32(20-11-9-19(28)10-12-20)24-8-4-3-7-23(24)31-13-5-2-6-14-31/h3-4,7-12,15,17H,2,5-6,13-14,16H2,1H3,(H,30,33)(H,34,35). The Balaban J connectivity index is 1.66. The number of piperidine rings is 1. The minimum atomic E-state index is -1.15. The van der Waals surface area contributed by atoms with Gasteiger partial charge in [0.1, 0.15) is 11.3 Å². The number of rotatable bonds is 8. The average molecular weight is 573 g/mol. The lowest BCUT2D eigenvalue weighted by Gasteiger charge is -2.34. The van der Waals surface area contributed by atoms with Crippen molar-refractivity contribution in [1.82, 2.24) is 5.43 Å². The number of carbonyl (C=O) groups excluding carboxylic acids is 1. The number of carboxylic acids is 1. The lowest BCUT2D eigenvalue weighted by atomic mass is 10.1. The number of hydrazine groups is 1. The molecule has 1 heterocycles. The number of nitrogens with zero attached hydrogens (tertiary/aromatic N) is 2. The Bertz CT molecular complexity index is 1250. The fraction of sp³-hybridized carbons (Fsp3) is 0.259. The lowest BCUT2D eigenvalue weighted by Crippen LogP contribution is -2.41. The first-order chi connectivity index (χ1) is 17.4. The lowest BCUT2D eigenvalue weighted by molar-refractivity contribution is -0.120. The van der Waals surface area contributed by atoms with Crippen LogP contribution in [0.15, 0.2) is 65.1 Å². The fourth-order valence-electron chi connectivity index (χ4n) is 4.31. The van der Waals surface area contributed by atoms with Crippen LogP contribution in [0.1, 0.15) is 35.2 Å². The molecule has 3 aromatic carbocycles. The molecule has 0 spiro atoms. The molecule has 1 aliphatic heterocycles. The number of hydrogen-bond donors (Lipinski definition) is 2. The molecule has 0 radical (unpaired) electrons. The average Bonchev–Trinajstić information content (AvgIpc) is 2.89. The first kappa shape index (κ1) is 25.9. The zero-order chi connectivity index (χ0) is 25.7. The molecule has 1 aliphatic rings. The van der Waals surface area contributed by atoms with Crippen molar-refractivity contribution in [3.8, 4) is 5.75 Å². The molecule has 0 unspecified atom stereocenters. The molecule has 0 aromatic heterocycles. The highest BCUT2D eigenvalue weighted by Crippen LogP contribution is 2.35. The SMILES string of the molecule is COc1cc(CC(=O)NN(c2ccc(Br)cc2)c2ccccc2N2CCCCC2)c(Cl)cc1C(=O)O. The molecule has 0 saturated carbocycles. The molecule has 188 valence electrons. The van der Waals surface area contributed by atoms with E-state index in [1.807, 2.05) is 42.5 Å². The highest BCUT2D eigenvalue weighted by Gasteiger charge is 2.22. The number of carboxylic acid groups (broad SMARTS) is 1. The maximum atomic E-state index is 13.3. The van der Waals surface area contributed by atoms with E-state index in [1.54, 1.807) is 5.01 Å². The summed E-state index contributed by atoms with van der Waals surface area (Å²) >= 11 is 9.81. The first-order valence-corrected chi connectivity index (χ1v) is 12.8. The molecule has 2 N–H and O–H groups in total. The van der Waals surface area contributed by atoms with Crippen LogP contribution < -0.4 is 20.1 Å². The summed E-state index contributed by atoms with van der Waals surface area (Å²) in [7, 11) is 1.38. The minimum Gasteiger partial charge on any atom is -0.496 e. The van der Waals surface area contributed by atoms with E-state index in [0.29, 0.717) is 5.56 Å². The summed E-state index contributed by atoms with van der Waals surface area (Å²) in [4.78, 5) is 27.1. The number of benzene rings is 3. The van der Waals surface area contributed by atoms with Gasteiger partial charge in [-0.1, -0.05) is 39.7 Å². The van der Waals surface area contributed by atoms with Crippen LogP contribution in [0.5, 0.6) is 5.75 Å². The molecule has 1 saturated heterocycles. The van der Waals surface area contributed by atoms with E-state index in [2.05, 4.69) is 32.3 Å². The van der Waals surface area contributed by atoms with E-state index >= 15 is 0 Å². The molecular formula is C27H27BrClN3O4. The van der Waals surface area contributed by atoms with E-state index in [4.69, 9.17) is 16.3 Å². The number of carbonyl (C=O) groups is 2. The first-order valence-electron chi connectivity index (χ1n) is 11.7. The maximum absolute atomic E-state index is 13.3. The second-order valence-corrected chi connectivity index (χ2v) is 9.83. The Morgan fingerprint density at radius 1 is 1.08 bits per heavy atom. The van der Waals surface area contributed by atoms with Crippen LogP contribution in [0.2, 0.25) is 5.02 Å². The highest BCUT2D eigenvalue weighted by atomic mass is 79.9. The van der Waals surface area contributed by atoms with Gasteiger partial charge < -0.3 is 14.7 Å². The van der Waals surface area contributed by atoms with Crippen LogP contribution in [-0.4, -0.2) is 37.2 Å². The summed E-state index contributed by atoms with van der Waals surface area (Å²) in [5, 5.41) is 11.4. The number of amides is 1. The monoisotopic (exact) mass is 571 g/mol. The Morgan fingerprint density at radius 2 is 1.78 bits per heavy atom. The van der Waals surface area contributed by atoms with E-state index < -0.39 is 5.97 Å². The van der Waals surface area contributed by atoms with E-state index in [9.17, 15) is 14.7 Å². The third kappa shape index (κ3) is 5.94. The van der Waals surface area contributed by atoms with Crippen LogP contribution in [0, 0.1) is 0 Å². The molecule has 0 aliphatic carbocycles. The van der Waals surface area contributed by atoms with Gasteiger partial charge in [0.05, 0.1) is 30.6 Å². The van der Waals surface area contributed by atoms with Crippen molar-refractivity contribution < 1.29 is 19.4 Å². The fourth-order valence-corrected chi connectivity index (χ4v) is 4.81. The van der Waals surface area contributed by atoms with Crippen molar-refractivity contribution in [1.29, 1.82) is 0 Å². The van der Waals surface area contributed by atoms with Crippen molar-refractivity contribution in [2.45, 2.75) is 25.7 Å². The topological polar surface area (TPSA) is 82.1 Å². The molecule has 1 fully saturated rings. The van der Waals surface area contributed by atoms with Gasteiger partial charge in [-0.2, -0.15) is 0 Å². The van der Waals surface area contributed by atoms with Gasteiger partial charge in [-0.15, -0.1) is 0 Å². The van der Waals surface area contributed by atoms with Crippen LogP contribution in [-0.2, 0) is 11.2 Å². The molecule has 1 amide bonds. The van der Waals surface area contributed by atoms with Gasteiger partial charge in [-0.05, 0) is 73.4 Å². The number of halogens is 2. The number of methoxy groups -OCH3 is 1. The van der Waals surface area contributed by atoms with Gasteiger partial charge in [-0.3, -0.25) is 15.2 Å². The molecule has 9 heteroatoms. The second kappa shape index (κ2) is 11.7. The Labute approximate surface area is 223 Å². The number of hydrogen-bond acceptors (Lipinski definition) is 5. The zero-order valence-corrected chi connectivity index (χ0v) is 22.2. The van der Waals surface area contributed by atoms with Gasteiger partial charge in [0, 0.05) is 22.6 Å². The van der Waals surface area contributed by atoms with E-state index in [-0.39, 0.29) is 28.7 Å². The Morgan fingerprint density at radius 3 is 2.44 bits per heavy atom. The largest absolute Gasteiger partial charge is 0.496 e. The molecule has 4 rings (SSSR count). The van der Waals surface area contributed by atoms with Gasteiger partial charge in [-0.25, -0.2) is 4.79 Å². The Kier molecular flexibility index (Phi) is 8.38. The molecule has 36 heavy (non-hydrogen) atoms. The normalized spacial score (nSPS) is 13.2. The van der Waals surface area contributed by atoms with Gasteiger partial charge in [0.25, 0.3) is 0 Å². The van der Waals surface area contributed by atoms with E-state index in [1.165, 1.54) is 25.7 Å². The predicted molar refractivity (Wildman–Crippen MR) is 146 cm³/mol. The summed E-state index contributed by atoms with van der Waals surface area (Å²) in [6.07, 6.45) is 3.42. The summed E-state index contributed by atoms with van der Waals surface area (Å²) in [6, 6.07) is 18.5. The summed E-state index contributed by atoms with van der Waals surface area (Å²) in [5.41, 5.74) is 6.15. The number of para-hydroxylation sites is 2. The smallest absolute Gasteiger partial charge is 0.339 e. The van der Waals surface area contributed by atoms with Gasteiger partial charge >= 0.3 is 5.97 Å². The second-order valence-electron chi connectivity index (χ2n) is 8.51. The predicted octanol–water partition coefficient (Wildman–Crippen LogP) is 6.21. The van der Waals surface area contributed by atoms with Crippen LogP contribution in [0.3, 0.4) is 0 Å². The van der Waals surface area contributed by atoms with Crippen molar-refractivity contribution >= 4 is 56.5 Å². The van der Waals surface area contributed by atoms with Crippen LogP contribution in [0.25, 0.3) is 0 Å². The van der Waals surface area contributed by atoms with Gasteiger partial charge in [0.15, 0.2) is 0 Å². The molecule has 7 nitrogen and oxygen atoms in total. The van der Waals surface area contributed by atoms with Crippen LogP contribution >= 0.6 is 27.5 Å². The van der Waals surface area contributed by atoms with E-state index in [0.717, 1.165) is 47.5 Å². The highest BCUT2D eigenvalue weighted by molar-refractivity contribution is 9.10. The third-order valence-electron chi connectivity index (χ3n) is 6.09. The number of anilines is 3. The molecule has 3 aromatic rings. The van der Waals surface area contributed by atoms with Crippen LogP contribution in [0.4, 0.5) is 17.1 Å². The zero-order valence-electron chi connectivity index (χ0n) is 19.8. The minimum absolute atomic E-state index is 0.0568. The quantitative estimate of drug-likeness (QED) is 0.312. The van der Waals surface area contributed by atoms with Crippen molar-refractivity contribution in [3.63, 3.8) is 0 Å². The summed E-state index contributed by atoms with van der Waals surface area (Å²) in [5.74, 6) is -1.31. The van der Waals surface area contributed by atoms with Crippen molar-refractivity contribution in [3.05, 3.63) is 81.3 Å². The molecular weight excluding hydrogens is 546 g/mol. The van der Waals surface area contributed by atoms with Crippen molar-refractivity contribution in [2.75, 3.05) is 30.1 Å². The molecule has 0 bridgehead atoms. The maximum Gasteiger partial charge on any atom is 0.339 e. The summed E-state index contributed by atoms with van der Waals surface area (Å²) < 4.78 is 6.14. The van der Waals surface area contributed by atoms with Gasteiger partial charge in [0.2, 0.25) is 5.91 Å². The van der Waals surface area contributed by atoms with Crippen molar-refractivity contribution in [2.24, 2.45) is 0 Å².